The molecule has 0 radical (unpaired) electrons. The molecule has 1 aliphatic rings. The Morgan fingerprint density at radius 2 is 1.90 bits per heavy atom. The molecule has 2 aromatic carbocycles. The summed E-state index contributed by atoms with van der Waals surface area (Å²) in [5.41, 5.74) is 11.7. The van der Waals surface area contributed by atoms with Gasteiger partial charge in [0.1, 0.15) is 6.04 Å². The normalized spacial score (nSPS) is 18.0. The Morgan fingerprint density at radius 1 is 1.20 bits per heavy atom. The van der Waals surface area contributed by atoms with Crippen LogP contribution in [0.2, 0.25) is 10.0 Å². The first kappa shape index (κ1) is 22.4. The Morgan fingerprint density at radius 3 is 2.53 bits per heavy atom. The number of amides is 1. The summed E-state index contributed by atoms with van der Waals surface area (Å²) in [7, 11) is 0. The van der Waals surface area contributed by atoms with Crippen molar-refractivity contribution in [3.05, 3.63) is 63.1 Å². The number of rotatable bonds is 9. The van der Waals surface area contributed by atoms with Gasteiger partial charge in [0.2, 0.25) is 6.41 Å². The molecule has 1 amide bonds. The van der Waals surface area contributed by atoms with Gasteiger partial charge in [0.05, 0.1) is 5.69 Å². The van der Waals surface area contributed by atoms with Gasteiger partial charge in [-0.1, -0.05) is 47.5 Å². The first-order chi connectivity index (χ1) is 14.4. The molecule has 1 heterocycles. The first-order valence-corrected chi connectivity index (χ1v) is 10.7. The van der Waals surface area contributed by atoms with Gasteiger partial charge in [-0.15, -0.1) is 0 Å². The standard InChI is InChI=1S/C22H25Cl2N3O3/c23-17-11-18(24)21-16(9-15-6-4-14(5-7-15)3-1-2-8-25)10-20(22(29)30)27(26-13-28)19(21)12-17/h4-7,11-13,16,20H,1-3,8-10,25H2,(H,26,28)(H,29,30)/t16-,20+/m1/s1. The van der Waals surface area contributed by atoms with Crippen molar-refractivity contribution in [2.45, 2.75) is 44.1 Å². The van der Waals surface area contributed by atoms with E-state index < -0.39 is 12.0 Å². The first-order valence-electron chi connectivity index (χ1n) is 9.93. The number of carboxylic acid groups (broad SMARTS) is 1. The summed E-state index contributed by atoms with van der Waals surface area (Å²) in [6.07, 6.45) is 4.45. The maximum atomic E-state index is 11.9. The molecule has 0 aliphatic carbocycles. The van der Waals surface area contributed by atoms with Crippen LogP contribution in [0.4, 0.5) is 5.69 Å². The Hall–Kier alpha value is -2.28. The Labute approximate surface area is 185 Å². The van der Waals surface area contributed by atoms with E-state index in [1.54, 1.807) is 12.1 Å². The summed E-state index contributed by atoms with van der Waals surface area (Å²) in [4.78, 5) is 23.0. The average molecular weight is 450 g/mol. The lowest BCUT2D eigenvalue weighted by Crippen LogP contribution is -2.53. The van der Waals surface area contributed by atoms with Gasteiger partial charge in [-0.3, -0.25) is 15.2 Å². The maximum absolute atomic E-state index is 11.9. The highest BCUT2D eigenvalue weighted by atomic mass is 35.5. The monoisotopic (exact) mass is 449 g/mol. The molecule has 30 heavy (non-hydrogen) atoms. The molecule has 160 valence electrons. The van der Waals surface area contributed by atoms with Gasteiger partial charge in [0, 0.05) is 10.0 Å². The number of nitrogens with one attached hydrogen (secondary N) is 1. The molecule has 1 aliphatic heterocycles. The van der Waals surface area contributed by atoms with E-state index >= 15 is 0 Å². The van der Waals surface area contributed by atoms with Crippen molar-refractivity contribution in [2.75, 3.05) is 11.6 Å². The number of fused-ring (bicyclic) bond motifs is 1. The molecule has 0 spiro atoms. The van der Waals surface area contributed by atoms with Crippen LogP contribution in [0, 0.1) is 0 Å². The summed E-state index contributed by atoms with van der Waals surface area (Å²) in [6, 6.07) is 10.7. The van der Waals surface area contributed by atoms with E-state index in [9.17, 15) is 14.7 Å². The minimum atomic E-state index is -1.02. The van der Waals surface area contributed by atoms with E-state index in [4.69, 9.17) is 28.9 Å². The number of carbonyl (C=O) groups is 2. The second-order valence-corrected chi connectivity index (χ2v) is 8.33. The van der Waals surface area contributed by atoms with Crippen molar-refractivity contribution in [3.63, 3.8) is 0 Å². The molecule has 0 saturated heterocycles. The third-order valence-electron chi connectivity index (χ3n) is 5.46. The van der Waals surface area contributed by atoms with Crippen LogP contribution in [-0.2, 0) is 22.4 Å². The average Bonchev–Trinajstić information content (AvgIpc) is 2.70. The largest absolute Gasteiger partial charge is 0.480 e. The number of aryl methyl sites for hydroxylation is 1. The number of anilines is 1. The molecule has 6 nitrogen and oxygen atoms in total. The molecule has 0 aromatic heterocycles. The number of aliphatic carboxylic acids is 1. The fourth-order valence-electron chi connectivity index (χ4n) is 4.05. The molecule has 2 atom stereocenters. The molecule has 0 fully saturated rings. The minimum absolute atomic E-state index is 0.126. The van der Waals surface area contributed by atoms with Crippen LogP contribution in [0.1, 0.15) is 41.9 Å². The fraction of sp³-hybridized carbons (Fsp3) is 0.364. The van der Waals surface area contributed by atoms with Crippen LogP contribution in [0.25, 0.3) is 0 Å². The summed E-state index contributed by atoms with van der Waals surface area (Å²) < 4.78 is 0. The van der Waals surface area contributed by atoms with Gasteiger partial charge in [0.25, 0.3) is 0 Å². The highest BCUT2D eigenvalue weighted by molar-refractivity contribution is 6.35. The molecule has 3 rings (SSSR count). The minimum Gasteiger partial charge on any atom is -0.480 e. The molecule has 2 aromatic rings. The number of hydrogen-bond acceptors (Lipinski definition) is 4. The molecule has 8 heteroatoms. The third-order valence-corrected chi connectivity index (χ3v) is 5.99. The second kappa shape index (κ2) is 10.2. The summed E-state index contributed by atoms with van der Waals surface area (Å²) in [5.74, 6) is -1.15. The Kier molecular flexibility index (Phi) is 7.58. The van der Waals surface area contributed by atoms with Crippen LogP contribution in [0.5, 0.6) is 0 Å². The van der Waals surface area contributed by atoms with Crippen molar-refractivity contribution in [1.29, 1.82) is 0 Å². The molecular weight excluding hydrogens is 425 g/mol. The molecule has 0 bridgehead atoms. The van der Waals surface area contributed by atoms with Crippen LogP contribution < -0.4 is 16.2 Å². The molecule has 0 unspecified atom stereocenters. The van der Waals surface area contributed by atoms with Gasteiger partial charge in [-0.2, -0.15) is 0 Å². The van der Waals surface area contributed by atoms with Gasteiger partial charge in [-0.05, 0) is 73.4 Å². The highest BCUT2D eigenvalue weighted by Crippen LogP contribution is 2.44. The number of halogens is 2. The lowest BCUT2D eigenvalue weighted by molar-refractivity contribution is -0.139. The summed E-state index contributed by atoms with van der Waals surface area (Å²) in [6.45, 7) is 0.699. The van der Waals surface area contributed by atoms with E-state index in [2.05, 4.69) is 29.7 Å². The van der Waals surface area contributed by atoms with E-state index in [1.807, 2.05) is 0 Å². The van der Waals surface area contributed by atoms with Gasteiger partial charge >= 0.3 is 5.97 Å². The molecule has 4 N–H and O–H groups in total. The maximum Gasteiger partial charge on any atom is 0.328 e. The van der Waals surface area contributed by atoms with E-state index in [-0.39, 0.29) is 5.92 Å². The second-order valence-electron chi connectivity index (χ2n) is 7.49. The zero-order valence-corrected chi connectivity index (χ0v) is 18.0. The summed E-state index contributed by atoms with van der Waals surface area (Å²) >= 11 is 12.7. The fourth-order valence-corrected chi connectivity index (χ4v) is 4.69. The Bertz CT molecular complexity index is 905. The number of carboxylic acids is 1. The van der Waals surface area contributed by atoms with Crippen molar-refractivity contribution >= 4 is 41.3 Å². The number of nitrogens with zero attached hydrogens (tertiary/aromatic N) is 1. The number of nitrogens with two attached hydrogens (primary N) is 1. The SMILES string of the molecule is NCCCCc1ccc(C[C@@H]2C[C@@H](C(=O)O)N(NC=O)c3cc(Cl)cc(Cl)c32)cc1. The zero-order valence-electron chi connectivity index (χ0n) is 16.5. The Balaban J connectivity index is 1.90. The zero-order chi connectivity index (χ0) is 21.7. The van der Waals surface area contributed by atoms with Gasteiger partial charge in [-0.25, -0.2) is 4.79 Å². The number of unbranched alkanes of at least 4 members (excludes halogenated alkanes) is 1. The molecular formula is C22H25Cl2N3O3. The van der Waals surface area contributed by atoms with Crippen molar-refractivity contribution in [1.82, 2.24) is 5.43 Å². The van der Waals surface area contributed by atoms with E-state index in [0.29, 0.717) is 41.5 Å². The predicted octanol–water partition coefficient (Wildman–Crippen LogP) is 3.93. The topological polar surface area (TPSA) is 95.7 Å². The van der Waals surface area contributed by atoms with Crippen LogP contribution in [0.3, 0.4) is 0 Å². The van der Waals surface area contributed by atoms with Gasteiger partial charge < -0.3 is 10.8 Å². The van der Waals surface area contributed by atoms with Crippen molar-refractivity contribution in [3.8, 4) is 0 Å². The van der Waals surface area contributed by atoms with Crippen LogP contribution >= 0.6 is 23.2 Å². The summed E-state index contributed by atoms with van der Waals surface area (Å²) in [5, 5.41) is 11.9. The van der Waals surface area contributed by atoms with E-state index in [0.717, 1.165) is 30.4 Å². The van der Waals surface area contributed by atoms with Crippen LogP contribution in [-0.4, -0.2) is 30.1 Å². The third kappa shape index (κ3) is 5.06. The lowest BCUT2D eigenvalue weighted by Gasteiger charge is -2.39. The number of hydrogen-bond donors (Lipinski definition) is 3. The van der Waals surface area contributed by atoms with Gasteiger partial charge in [0.15, 0.2) is 0 Å². The van der Waals surface area contributed by atoms with E-state index in [1.165, 1.54) is 10.6 Å². The number of benzene rings is 2. The number of carbonyl (C=O) groups excluding carboxylic acids is 1. The predicted molar refractivity (Wildman–Crippen MR) is 119 cm³/mol. The quantitative estimate of drug-likeness (QED) is 0.398. The lowest BCUT2D eigenvalue weighted by atomic mass is 9.82. The highest BCUT2D eigenvalue weighted by Gasteiger charge is 2.38. The van der Waals surface area contributed by atoms with Crippen molar-refractivity contribution < 1.29 is 14.7 Å². The van der Waals surface area contributed by atoms with Crippen LogP contribution in [0.15, 0.2) is 36.4 Å². The van der Waals surface area contributed by atoms with Crippen molar-refractivity contribution in [2.24, 2.45) is 5.73 Å². The smallest absolute Gasteiger partial charge is 0.328 e. The molecule has 0 saturated carbocycles. The number of hydrazine groups is 1.